The summed E-state index contributed by atoms with van der Waals surface area (Å²) in [7, 11) is 0. The molecule has 0 amide bonds. The second-order valence-corrected chi connectivity index (χ2v) is 6.21. The Labute approximate surface area is 119 Å². The number of fused-ring (bicyclic) bond motifs is 1. The molecule has 19 heavy (non-hydrogen) atoms. The third kappa shape index (κ3) is 4.21. The summed E-state index contributed by atoms with van der Waals surface area (Å²) in [6.45, 7) is 7.27. The molecule has 0 saturated carbocycles. The summed E-state index contributed by atoms with van der Waals surface area (Å²) in [6.07, 6.45) is 5.18. The van der Waals surface area contributed by atoms with Crippen LogP contribution in [0.5, 0.6) is 0 Å². The van der Waals surface area contributed by atoms with Crippen LogP contribution >= 0.6 is 11.8 Å². The van der Waals surface area contributed by atoms with Crippen LogP contribution in [0.25, 0.3) is 5.65 Å². The minimum atomic E-state index is 0.536. The van der Waals surface area contributed by atoms with E-state index in [4.69, 9.17) is 0 Å². The normalized spacial score (nSPS) is 13.0. The molecule has 2 rings (SSSR count). The fourth-order valence-electron chi connectivity index (χ4n) is 1.92. The van der Waals surface area contributed by atoms with Gasteiger partial charge in [-0.25, -0.2) is 9.50 Å². The maximum atomic E-state index is 4.41. The topological polar surface area (TPSA) is 42.2 Å². The molecule has 0 aliphatic heterocycles. The molecular weight excluding hydrogens is 256 g/mol. The van der Waals surface area contributed by atoms with Crippen molar-refractivity contribution in [1.29, 1.82) is 0 Å². The lowest BCUT2D eigenvalue weighted by Gasteiger charge is -2.13. The van der Waals surface area contributed by atoms with Crippen LogP contribution in [0.1, 0.15) is 31.5 Å². The van der Waals surface area contributed by atoms with Gasteiger partial charge in [-0.15, -0.1) is 0 Å². The number of rotatable bonds is 7. The maximum Gasteiger partial charge on any atom is 0.155 e. The second kappa shape index (κ2) is 6.91. The monoisotopic (exact) mass is 278 g/mol. The molecule has 5 heteroatoms. The summed E-state index contributed by atoms with van der Waals surface area (Å²) in [5.41, 5.74) is 3.09. The molecule has 104 valence electrons. The van der Waals surface area contributed by atoms with Crippen LogP contribution in [0.2, 0.25) is 0 Å². The molecule has 0 saturated heterocycles. The van der Waals surface area contributed by atoms with Crippen molar-refractivity contribution >= 4 is 17.4 Å². The van der Waals surface area contributed by atoms with Gasteiger partial charge in [0.25, 0.3) is 0 Å². The van der Waals surface area contributed by atoms with Gasteiger partial charge in [-0.05, 0) is 31.8 Å². The predicted octanol–water partition coefficient (Wildman–Crippen LogP) is 2.66. The van der Waals surface area contributed by atoms with Crippen LogP contribution in [0.4, 0.5) is 0 Å². The highest BCUT2D eigenvalue weighted by atomic mass is 32.2. The Morgan fingerprint density at radius 1 is 1.47 bits per heavy atom. The van der Waals surface area contributed by atoms with E-state index in [9.17, 15) is 0 Å². The van der Waals surface area contributed by atoms with E-state index in [1.54, 1.807) is 0 Å². The predicted molar refractivity (Wildman–Crippen MR) is 81.6 cm³/mol. The second-order valence-electron chi connectivity index (χ2n) is 4.82. The summed E-state index contributed by atoms with van der Waals surface area (Å²) in [6, 6.07) is 2.52. The van der Waals surface area contributed by atoms with Gasteiger partial charge in [0.2, 0.25) is 0 Å². The Bertz CT molecular complexity index is 523. The SMILES string of the molecule is CCSCCC(C)NCc1cnc2cc(C)nn2c1. The van der Waals surface area contributed by atoms with Crippen LogP contribution < -0.4 is 5.32 Å². The zero-order valence-electron chi connectivity index (χ0n) is 11.9. The smallest absolute Gasteiger partial charge is 0.155 e. The highest BCUT2D eigenvalue weighted by molar-refractivity contribution is 7.99. The molecule has 0 bridgehead atoms. The molecule has 0 fully saturated rings. The Morgan fingerprint density at radius 3 is 3.11 bits per heavy atom. The number of hydrogen-bond donors (Lipinski definition) is 1. The van der Waals surface area contributed by atoms with Gasteiger partial charge in [0.1, 0.15) is 0 Å². The number of nitrogens with zero attached hydrogens (tertiary/aromatic N) is 3. The Hall–Kier alpha value is -1.07. The fraction of sp³-hybridized carbons (Fsp3) is 0.571. The maximum absolute atomic E-state index is 4.41. The van der Waals surface area contributed by atoms with Gasteiger partial charge >= 0.3 is 0 Å². The average Bonchev–Trinajstić information content (AvgIpc) is 2.76. The molecule has 0 aromatic carbocycles. The van der Waals surface area contributed by atoms with Crippen LogP contribution in [-0.4, -0.2) is 32.1 Å². The first-order valence-corrected chi connectivity index (χ1v) is 7.96. The summed E-state index contributed by atoms with van der Waals surface area (Å²) < 4.78 is 1.85. The Kier molecular flexibility index (Phi) is 5.22. The first-order valence-electron chi connectivity index (χ1n) is 6.81. The van der Waals surface area contributed by atoms with Gasteiger partial charge in [-0.1, -0.05) is 6.92 Å². The lowest BCUT2D eigenvalue weighted by Crippen LogP contribution is -2.26. The van der Waals surface area contributed by atoms with E-state index < -0.39 is 0 Å². The molecule has 0 spiro atoms. The van der Waals surface area contributed by atoms with E-state index in [-0.39, 0.29) is 0 Å². The molecule has 2 aromatic heterocycles. The number of nitrogens with one attached hydrogen (secondary N) is 1. The van der Waals surface area contributed by atoms with E-state index in [1.807, 2.05) is 35.5 Å². The summed E-state index contributed by atoms with van der Waals surface area (Å²) in [5.74, 6) is 2.42. The summed E-state index contributed by atoms with van der Waals surface area (Å²) >= 11 is 2.00. The quantitative estimate of drug-likeness (QED) is 0.791. The largest absolute Gasteiger partial charge is 0.310 e. The average molecular weight is 278 g/mol. The van der Waals surface area contributed by atoms with Crippen molar-refractivity contribution in [3.05, 3.63) is 29.7 Å². The number of aromatic nitrogens is 3. The zero-order valence-corrected chi connectivity index (χ0v) is 12.7. The van der Waals surface area contributed by atoms with E-state index >= 15 is 0 Å². The number of aryl methyl sites for hydroxylation is 1. The highest BCUT2D eigenvalue weighted by Crippen LogP contribution is 2.07. The van der Waals surface area contributed by atoms with Gasteiger partial charge in [0.05, 0.1) is 5.69 Å². The van der Waals surface area contributed by atoms with Crippen LogP contribution in [0.3, 0.4) is 0 Å². The lowest BCUT2D eigenvalue weighted by atomic mass is 10.2. The van der Waals surface area contributed by atoms with Crippen molar-refractivity contribution < 1.29 is 0 Å². The van der Waals surface area contributed by atoms with Crippen LogP contribution in [0, 0.1) is 6.92 Å². The molecule has 1 N–H and O–H groups in total. The van der Waals surface area contributed by atoms with Crippen molar-refractivity contribution in [2.75, 3.05) is 11.5 Å². The van der Waals surface area contributed by atoms with Crippen molar-refractivity contribution in [3.8, 4) is 0 Å². The van der Waals surface area contributed by atoms with Crippen molar-refractivity contribution in [3.63, 3.8) is 0 Å². The third-order valence-corrected chi connectivity index (χ3v) is 3.98. The minimum absolute atomic E-state index is 0.536. The van der Waals surface area contributed by atoms with E-state index in [0.717, 1.165) is 17.9 Å². The lowest BCUT2D eigenvalue weighted by molar-refractivity contribution is 0.535. The van der Waals surface area contributed by atoms with Crippen LogP contribution in [0.15, 0.2) is 18.5 Å². The van der Waals surface area contributed by atoms with E-state index in [2.05, 4.69) is 35.4 Å². The van der Waals surface area contributed by atoms with Gasteiger partial charge < -0.3 is 5.32 Å². The Balaban J connectivity index is 1.87. The summed E-state index contributed by atoms with van der Waals surface area (Å²) in [5, 5.41) is 7.92. The first-order chi connectivity index (χ1) is 9.19. The van der Waals surface area contributed by atoms with E-state index in [1.165, 1.54) is 23.5 Å². The molecule has 2 heterocycles. The minimum Gasteiger partial charge on any atom is -0.310 e. The Morgan fingerprint density at radius 2 is 2.32 bits per heavy atom. The standard InChI is InChI=1S/C14H22N4S/c1-4-19-6-5-11(2)15-8-13-9-16-14-7-12(3)17-18(14)10-13/h7,9-11,15H,4-6,8H2,1-3H3. The number of hydrogen-bond acceptors (Lipinski definition) is 4. The van der Waals surface area contributed by atoms with Crippen molar-refractivity contribution in [2.24, 2.45) is 0 Å². The van der Waals surface area contributed by atoms with Crippen molar-refractivity contribution in [2.45, 2.75) is 39.8 Å². The molecular formula is C14H22N4S. The fourth-order valence-corrected chi connectivity index (χ4v) is 2.73. The highest BCUT2D eigenvalue weighted by Gasteiger charge is 2.04. The van der Waals surface area contributed by atoms with Gasteiger partial charge in [-0.3, -0.25) is 0 Å². The number of thioether (sulfide) groups is 1. The molecule has 2 aromatic rings. The van der Waals surface area contributed by atoms with Crippen molar-refractivity contribution in [1.82, 2.24) is 19.9 Å². The molecule has 4 nitrogen and oxygen atoms in total. The first kappa shape index (κ1) is 14.3. The molecule has 0 radical (unpaired) electrons. The summed E-state index contributed by atoms with van der Waals surface area (Å²) in [4.78, 5) is 4.41. The van der Waals surface area contributed by atoms with E-state index in [0.29, 0.717) is 6.04 Å². The van der Waals surface area contributed by atoms with Crippen LogP contribution in [-0.2, 0) is 6.54 Å². The molecule has 0 aliphatic carbocycles. The van der Waals surface area contributed by atoms with Gasteiger partial charge in [-0.2, -0.15) is 16.9 Å². The zero-order chi connectivity index (χ0) is 13.7. The van der Waals surface area contributed by atoms with Gasteiger partial charge in [0.15, 0.2) is 5.65 Å². The molecule has 1 unspecified atom stereocenters. The van der Waals surface area contributed by atoms with Gasteiger partial charge in [0, 0.05) is 36.6 Å². The molecule has 0 aliphatic rings. The molecule has 1 atom stereocenters. The third-order valence-electron chi connectivity index (χ3n) is 3.04.